The molecule has 0 radical (unpaired) electrons. The SMILES string of the molecule is CC1=CC2OCCC2C=C1Nc1ncc2c(n1)n(C13CC4CC(C1)C(C3)C4O)c(=O)n2C. The van der Waals surface area contributed by atoms with Crippen LogP contribution in [-0.4, -0.2) is 43.0 Å². The number of rotatable bonds is 3. The second-order valence-electron chi connectivity index (χ2n) is 10.7. The van der Waals surface area contributed by atoms with Gasteiger partial charge in [-0.15, -0.1) is 0 Å². The maximum Gasteiger partial charge on any atom is 0.330 e. The van der Waals surface area contributed by atoms with Crippen molar-refractivity contribution in [3.05, 3.63) is 40.1 Å². The molecule has 3 heterocycles. The van der Waals surface area contributed by atoms with Gasteiger partial charge in [-0.05, 0) is 62.4 Å². The molecule has 1 aliphatic heterocycles. The van der Waals surface area contributed by atoms with Crippen LogP contribution in [0.25, 0.3) is 11.2 Å². The normalized spacial score (nSPS) is 39.5. The first-order valence-electron chi connectivity index (χ1n) is 11.9. The monoisotopic (exact) mass is 435 g/mol. The van der Waals surface area contributed by atoms with E-state index >= 15 is 0 Å². The number of fused-ring (bicyclic) bond motifs is 2. The average Bonchev–Trinajstić information content (AvgIpc) is 3.45. The van der Waals surface area contributed by atoms with Crippen molar-refractivity contribution in [2.45, 2.75) is 56.8 Å². The summed E-state index contributed by atoms with van der Waals surface area (Å²) in [5.74, 6) is 2.04. The summed E-state index contributed by atoms with van der Waals surface area (Å²) in [5.41, 5.74) is 3.34. The molecule has 7 atom stereocenters. The molecule has 0 amide bonds. The summed E-state index contributed by atoms with van der Waals surface area (Å²) in [6.07, 6.45) is 11.0. The van der Waals surface area contributed by atoms with E-state index in [1.165, 1.54) is 0 Å². The van der Waals surface area contributed by atoms with E-state index in [0.717, 1.165) is 55.5 Å². The van der Waals surface area contributed by atoms with E-state index in [1.54, 1.807) is 17.8 Å². The fraction of sp³-hybridized carbons (Fsp3) is 0.625. The molecule has 4 saturated carbocycles. The number of ether oxygens (including phenoxy) is 1. The molecule has 4 bridgehead atoms. The lowest BCUT2D eigenvalue weighted by Crippen LogP contribution is -2.46. The van der Waals surface area contributed by atoms with E-state index in [4.69, 9.17) is 9.72 Å². The molecule has 0 aromatic carbocycles. The van der Waals surface area contributed by atoms with Crippen LogP contribution in [-0.2, 0) is 17.3 Å². The molecule has 0 spiro atoms. The van der Waals surface area contributed by atoms with Crippen LogP contribution in [0.2, 0.25) is 0 Å². The zero-order chi connectivity index (χ0) is 21.8. The lowest BCUT2D eigenvalue weighted by Gasteiger charge is -2.40. The quantitative estimate of drug-likeness (QED) is 0.768. The third-order valence-electron chi connectivity index (χ3n) is 8.96. The van der Waals surface area contributed by atoms with Crippen molar-refractivity contribution in [2.75, 3.05) is 11.9 Å². The van der Waals surface area contributed by atoms with Crippen molar-refractivity contribution in [3.8, 4) is 0 Å². The molecular weight excluding hydrogens is 406 g/mol. The van der Waals surface area contributed by atoms with Crippen LogP contribution in [0.1, 0.15) is 39.0 Å². The Morgan fingerprint density at radius 1 is 1.25 bits per heavy atom. The van der Waals surface area contributed by atoms with Crippen LogP contribution in [0.3, 0.4) is 0 Å². The molecule has 8 rings (SSSR count). The first kappa shape index (κ1) is 19.1. The maximum atomic E-state index is 13.4. The zero-order valence-corrected chi connectivity index (χ0v) is 18.5. The highest BCUT2D eigenvalue weighted by molar-refractivity contribution is 5.73. The number of hydrogen-bond acceptors (Lipinski definition) is 6. The zero-order valence-electron chi connectivity index (χ0n) is 18.5. The van der Waals surface area contributed by atoms with Gasteiger partial charge in [0.25, 0.3) is 0 Å². The molecule has 2 aromatic rings. The van der Waals surface area contributed by atoms with Gasteiger partial charge in [0.15, 0.2) is 5.65 Å². The van der Waals surface area contributed by atoms with Gasteiger partial charge in [-0.2, -0.15) is 4.98 Å². The van der Waals surface area contributed by atoms with E-state index in [0.29, 0.717) is 35.3 Å². The van der Waals surface area contributed by atoms with Crippen LogP contribution in [0.15, 0.2) is 34.4 Å². The number of hydrogen-bond donors (Lipinski definition) is 2. The van der Waals surface area contributed by atoms with Crippen LogP contribution < -0.4 is 11.0 Å². The summed E-state index contributed by atoms with van der Waals surface area (Å²) in [6.45, 7) is 2.87. The summed E-state index contributed by atoms with van der Waals surface area (Å²) < 4.78 is 9.40. The van der Waals surface area contributed by atoms with Gasteiger partial charge in [-0.3, -0.25) is 9.13 Å². The Morgan fingerprint density at radius 2 is 2.09 bits per heavy atom. The standard InChI is InChI=1S/C24H29N5O3/c1-12-5-19-13(3-4-32-19)7-17(12)26-22-25-11-18-21(27-22)29(23(31)28(18)2)24-8-14-6-15(9-24)20(30)16(14)10-24/h5,7,11,13-16,19-20,30H,3-4,6,8-10H2,1-2H3,(H,25,26,27). The lowest BCUT2D eigenvalue weighted by atomic mass is 9.74. The van der Waals surface area contributed by atoms with Crippen LogP contribution in [0.4, 0.5) is 5.95 Å². The summed E-state index contributed by atoms with van der Waals surface area (Å²) in [4.78, 5) is 22.8. The van der Waals surface area contributed by atoms with Gasteiger partial charge >= 0.3 is 5.69 Å². The summed E-state index contributed by atoms with van der Waals surface area (Å²) in [6, 6.07) is 0. The van der Waals surface area contributed by atoms with Crippen LogP contribution in [0.5, 0.6) is 0 Å². The number of nitrogens with zero attached hydrogens (tertiary/aromatic N) is 4. The molecule has 8 heteroatoms. The van der Waals surface area contributed by atoms with Crippen molar-refractivity contribution in [1.82, 2.24) is 19.1 Å². The molecule has 1 saturated heterocycles. The fourth-order valence-corrected chi connectivity index (χ4v) is 7.52. The highest BCUT2D eigenvalue weighted by atomic mass is 16.5. The summed E-state index contributed by atoms with van der Waals surface area (Å²) >= 11 is 0. The maximum absolute atomic E-state index is 13.4. The van der Waals surface area contributed by atoms with Crippen molar-refractivity contribution < 1.29 is 9.84 Å². The van der Waals surface area contributed by atoms with E-state index < -0.39 is 0 Å². The lowest BCUT2D eigenvalue weighted by molar-refractivity contribution is 0.0222. The topological polar surface area (TPSA) is 94.2 Å². The predicted octanol–water partition coefficient (Wildman–Crippen LogP) is 2.30. The number of anilines is 1. The molecule has 8 nitrogen and oxygen atoms in total. The number of allylic oxidation sites excluding steroid dienone is 1. The van der Waals surface area contributed by atoms with Gasteiger partial charge in [-0.25, -0.2) is 9.78 Å². The van der Waals surface area contributed by atoms with E-state index in [1.807, 2.05) is 4.57 Å². The number of imidazole rings is 1. The predicted molar refractivity (Wildman–Crippen MR) is 119 cm³/mol. The second-order valence-corrected chi connectivity index (χ2v) is 10.7. The van der Waals surface area contributed by atoms with Gasteiger partial charge in [-0.1, -0.05) is 12.2 Å². The smallest absolute Gasteiger partial charge is 0.330 e. The first-order chi connectivity index (χ1) is 15.4. The molecule has 32 heavy (non-hydrogen) atoms. The van der Waals surface area contributed by atoms with Crippen molar-refractivity contribution in [3.63, 3.8) is 0 Å². The molecule has 5 aliphatic carbocycles. The minimum Gasteiger partial charge on any atom is -0.393 e. The number of aliphatic hydroxyl groups is 1. The number of aryl methyl sites for hydroxylation is 1. The minimum absolute atomic E-state index is 0.0261. The Hall–Kier alpha value is -2.45. The summed E-state index contributed by atoms with van der Waals surface area (Å²) in [7, 11) is 1.80. The number of aromatic nitrogens is 4. The van der Waals surface area contributed by atoms with E-state index in [2.05, 4.69) is 29.4 Å². The number of nitrogens with one attached hydrogen (secondary N) is 1. The Bertz CT molecular complexity index is 1250. The summed E-state index contributed by atoms with van der Waals surface area (Å²) in [5, 5.41) is 14.0. The van der Waals surface area contributed by atoms with Crippen molar-refractivity contribution >= 4 is 17.1 Å². The fourth-order valence-electron chi connectivity index (χ4n) is 7.52. The first-order valence-corrected chi connectivity index (χ1v) is 11.9. The Labute approximate surface area is 186 Å². The molecular formula is C24H29N5O3. The van der Waals surface area contributed by atoms with Crippen LogP contribution >= 0.6 is 0 Å². The van der Waals surface area contributed by atoms with Gasteiger partial charge < -0.3 is 15.2 Å². The van der Waals surface area contributed by atoms with Crippen LogP contribution in [0, 0.1) is 23.7 Å². The van der Waals surface area contributed by atoms with Gasteiger partial charge in [0.1, 0.15) is 5.52 Å². The van der Waals surface area contributed by atoms with E-state index in [-0.39, 0.29) is 23.4 Å². The average molecular weight is 436 g/mol. The third-order valence-corrected chi connectivity index (χ3v) is 8.96. The van der Waals surface area contributed by atoms with Gasteiger partial charge in [0, 0.05) is 25.3 Å². The molecule has 2 N–H and O–H groups in total. The largest absolute Gasteiger partial charge is 0.393 e. The van der Waals surface area contributed by atoms with Crippen molar-refractivity contribution in [2.24, 2.45) is 30.7 Å². The van der Waals surface area contributed by atoms with Gasteiger partial charge in [0.2, 0.25) is 5.95 Å². The highest BCUT2D eigenvalue weighted by Crippen LogP contribution is 2.63. The minimum atomic E-state index is -0.228. The Morgan fingerprint density at radius 3 is 2.91 bits per heavy atom. The molecule has 2 aromatic heterocycles. The van der Waals surface area contributed by atoms with Gasteiger partial charge in [0.05, 0.1) is 23.9 Å². The Kier molecular flexibility index (Phi) is 3.76. The molecule has 7 unspecified atom stereocenters. The van der Waals surface area contributed by atoms with Crippen molar-refractivity contribution in [1.29, 1.82) is 0 Å². The molecule has 6 aliphatic rings. The van der Waals surface area contributed by atoms with E-state index in [9.17, 15) is 9.90 Å². The second kappa shape index (κ2) is 6.32. The molecule has 5 fully saturated rings. The Balaban J connectivity index is 1.30. The number of aliphatic hydroxyl groups excluding tert-OH is 1. The molecule has 168 valence electrons. The third kappa shape index (κ3) is 2.42. The highest BCUT2D eigenvalue weighted by Gasteiger charge is 2.61.